The summed E-state index contributed by atoms with van der Waals surface area (Å²) in [7, 11) is 0. The average molecular weight is 300 g/mol. The third-order valence-corrected chi connectivity index (χ3v) is 4.59. The molecule has 4 N–H and O–H groups in total. The highest BCUT2D eigenvalue weighted by Gasteiger charge is 2.33. The highest BCUT2D eigenvalue weighted by molar-refractivity contribution is 5.84. The fourth-order valence-electron chi connectivity index (χ4n) is 3.06. The molecule has 22 heavy (non-hydrogen) atoms. The van der Waals surface area contributed by atoms with E-state index >= 15 is 0 Å². The lowest BCUT2D eigenvalue weighted by Gasteiger charge is -2.27. The Labute approximate surface area is 128 Å². The van der Waals surface area contributed by atoms with E-state index in [9.17, 15) is 5.11 Å². The van der Waals surface area contributed by atoms with Gasteiger partial charge in [-0.25, -0.2) is 4.98 Å². The number of aliphatic hydroxyl groups is 1. The molecule has 0 radical (unpaired) electrons. The molecular formula is C15H20N6O. The number of nitrogens with one attached hydrogen (secondary N) is 1. The van der Waals surface area contributed by atoms with Crippen LogP contribution in [0.25, 0.3) is 11.2 Å². The molecule has 2 heterocycles. The van der Waals surface area contributed by atoms with E-state index in [1.807, 2.05) is 10.6 Å². The molecule has 0 bridgehead atoms. The van der Waals surface area contributed by atoms with Gasteiger partial charge in [0, 0.05) is 6.54 Å². The van der Waals surface area contributed by atoms with Crippen molar-refractivity contribution in [3.05, 3.63) is 18.5 Å². The molecule has 1 fully saturated rings. The van der Waals surface area contributed by atoms with Crippen LogP contribution in [0.4, 0.5) is 11.8 Å². The number of fused-ring (bicyclic) bond motifs is 1. The highest BCUT2D eigenvalue weighted by atomic mass is 16.3. The first-order chi connectivity index (χ1) is 10.7. The van der Waals surface area contributed by atoms with E-state index in [1.165, 1.54) is 12.8 Å². The van der Waals surface area contributed by atoms with Gasteiger partial charge in [0.2, 0.25) is 5.95 Å². The summed E-state index contributed by atoms with van der Waals surface area (Å²) in [6.07, 6.45) is 10.2. The number of nitrogen functional groups attached to an aromatic ring is 1. The maximum Gasteiger partial charge on any atom is 0.224 e. The quantitative estimate of drug-likeness (QED) is 0.719. The van der Waals surface area contributed by atoms with Gasteiger partial charge in [-0.05, 0) is 31.6 Å². The standard InChI is InChI=1S/C15H20N6O/c16-14-19-12(17-7-10-3-4-10)11-13(20-14)21(9-18-11)15(8-22)5-1-2-6-15/h1,5,9-10,22H,2-4,6-8H2,(H3,16,17,19,20). The van der Waals surface area contributed by atoms with E-state index in [1.54, 1.807) is 6.33 Å². The van der Waals surface area contributed by atoms with Gasteiger partial charge in [-0.15, -0.1) is 0 Å². The maximum absolute atomic E-state index is 9.88. The van der Waals surface area contributed by atoms with Crippen LogP contribution in [0.1, 0.15) is 25.7 Å². The first kappa shape index (κ1) is 13.5. The summed E-state index contributed by atoms with van der Waals surface area (Å²) in [5.74, 6) is 1.64. The zero-order chi connectivity index (χ0) is 15.2. The largest absolute Gasteiger partial charge is 0.394 e. The maximum atomic E-state index is 9.88. The molecule has 0 aromatic carbocycles. The number of hydrogen-bond donors (Lipinski definition) is 3. The van der Waals surface area contributed by atoms with Gasteiger partial charge in [0.25, 0.3) is 0 Å². The number of aliphatic hydroxyl groups excluding tert-OH is 1. The molecule has 2 aliphatic rings. The summed E-state index contributed by atoms with van der Waals surface area (Å²) in [5, 5.41) is 13.2. The van der Waals surface area contributed by atoms with Gasteiger partial charge < -0.3 is 20.7 Å². The van der Waals surface area contributed by atoms with Gasteiger partial charge in [-0.3, -0.25) is 0 Å². The first-order valence-electron chi connectivity index (χ1n) is 7.75. The monoisotopic (exact) mass is 300 g/mol. The van der Waals surface area contributed by atoms with E-state index in [0.717, 1.165) is 25.3 Å². The van der Waals surface area contributed by atoms with Crippen molar-refractivity contribution in [2.24, 2.45) is 5.92 Å². The van der Waals surface area contributed by atoms with Crippen molar-refractivity contribution in [3.8, 4) is 0 Å². The molecule has 7 heteroatoms. The molecule has 1 unspecified atom stereocenters. The second-order valence-electron chi connectivity index (χ2n) is 6.24. The fraction of sp³-hybridized carbons (Fsp3) is 0.533. The Morgan fingerprint density at radius 2 is 2.27 bits per heavy atom. The normalized spacial score (nSPS) is 24.2. The molecule has 2 aromatic heterocycles. The highest BCUT2D eigenvalue weighted by Crippen LogP contribution is 2.34. The number of imidazole rings is 1. The van der Waals surface area contributed by atoms with Crippen LogP contribution < -0.4 is 11.1 Å². The Bertz CT molecular complexity index is 735. The number of hydrogen-bond acceptors (Lipinski definition) is 6. The molecule has 1 saturated carbocycles. The third-order valence-electron chi connectivity index (χ3n) is 4.59. The SMILES string of the molecule is Nc1nc(NCC2CC2)c2ncn(C3(CO)C=CCC3)c2n1. The van der Waals surface area contributed by atoms with Crippen LogP contribution >= 0.6 is 0 Å². The molecule has 7 nitrogen and oxygen atoms in total. The minimum atomic E-state index is -0.469. The summed E-state index contributed by atoms with van der Waals surface area (Å²) < 4.78 is 1.92. The third kappa shape index (κ3) is 2.12. The van der Waals surface area contributed by atoms with Crippen molar-refractivity contribution in [1.82, 2.24) is 19.5 Å². The molecule has 0 aliphatic heterocycles. The van der Waals surface area contributed by atoms with Gasteiger partial charge in [0.15, 0.2) is 17.0 Å². The molecule has 116 valence electrons. The summed E-state index contributed by atoms with van der Waals surface area (Å²) >= 11 is 0. The lowest BCUT2D eigenvalue weighted by atomic mass is 10.0. The van der Waals surface area contributed by atoms with Crippen molar-refractivity contribution < 1.29 is 5.11 Å². The molecule has 2 aliphatic carbocycles. The van der Waals surface area contributed by atoms with Crippen molar-refractivity contribution >= 4 is 22.9 Å². The van der Waals surface area contributed by atoms with Gasteiger partial charge >= 0.3 is 0 Å². The van der Waals surface area contributed by atoms with Gasteiger partial charge in [-0.2, -0.15) is 9.97 Å². The molecule has 2 aromatic rings. The number of aromatic nitrogens is 4. The summed E-state index contributed by atoms with van der Waals surface area (Å²) in [4.78, 5) is 13.1. The Kier molecular flexibility index (Phi) is 3.04. The van der Waals surface area contributed by atoms with Crippen LogP contribution in [0.5, 0.6) is 0 Å². The number of nitrogens with zero attached hydrogens (tertiary/aromatic N) is 4. The molecular weight excluding hydrogens is 280 g/mol. The molecule has 1 atom stereocenters. The van der Waals surface area contributed by atoms with Crippen LogP contribution in [-0.4, -0.2) is 37.8 Å². The minimum Gasteiger partial charge on any atom is -0.394 e. The summed E-state index contributed by atoms with van der Waals surface area (Å²) in [6, 6.07) is 0. The van der Waals surface area contributed by atoms with Crippen LogP contribution in [0, 0.1) is 5.92 Å². The van der Waals surface area contributed by atoms with Crippen LogP contribution in [0.2, 0.25) is 0 Å². The van der Waals surface area contributed by atoms with Crippen LogP contribution in [-0.2, 0) is 5.54 Å². The Balaban J connectivity index is 1.78. The van der Waals surface area contributed by atoms with E-state index in [-0.39, 0.29) is 12.6 Å². The molecule has 0 spiro atoms. The number of rotatable bonds is 5. The zero-order valence-electron chi connectivity index (χ0n) is 12.4. The summed E-state index contributed by atoms with van der Waals surface area (Å²) in [6.45, 7) is 0.910. The second kappa shape index (κ2) is 4.95. The second-order valence-corrected chi connectivity index (χ2v) is 6.24. The Morgan fingerprint density at radius 1 is 1.41 bits per heavy atom. The fourth-order valence-corrected chi connectivity index (χ4v) is 3.06. The van der Waals surface area contributed by atoms with Crippen molar-refractivity contribution in [2.45, 2.75) is 31.2 Å². The predicted molar refractivity (Wildman–Crippen MR) is 84.4 cm³/mol. The van der Waals surface area contributed by atoms with Crippen molar-refractivity contribution in [2.75, 3.05) is 24.2 Å². The smallest absolute Gasteiger partial charge is 0.224 e. The number of anilines is 2. The van der Waals surface area contributed by atoms with Crippen LogP contribution in [0.3, 0.4) is 0 Å². The molecule has 4 rings (SSSR count). The van der Waals surface area contributed by atoms with Gasteiger partial charge in [0.05, 0.1) is 18.5 Å². The number of allylic oxidation sites excluding steroid dienone is 1. The Hall–Kier alpha value is -2.15. The van der Waals surface area contributed by atoms with Crippen molar-refractivity contribution in [3.63, 3.8) is 0 Å². The topological polar surface area (TPSA) is 102 Å². The average Bonchev–Trinajstić information content (AvgIpc) is 3.05. The van der Waals surface area contributed by atoms with E-state index in [4.69, 9.17) is 5.73 Å². The lowest BCUT2D eigenvalue weighted by Crippen LogP contribution is -2.33. The molecule has 0 amide bonds. The molecule has 0 saturated heterocycles. The Morgan fingerprint density at radius 3 is 2.95 bits per heavy atom. The van der Waals surface area contributed by atoms with Gasteiger partial charge in [-0.1, -0.05) is 12.2 Å². The zero-order valence-corrected chi connectivity index (χ0v) is 12.4. The van der Waals surface area contributed by atoms with Gasteiger partial charge in [0.1, 0.15) is 0 Å². The van der Waals surface area contributed by atoms with Crippen molar-refractivity contribution in [1.29, 1.82) is 0 Å². The minimum absolute atomic E-state index is 0.0176. The summed E-state index contributed by atoms with van der Waals surface area (Å²) in [5.41, 5.74) is 6.79. The van der Waals surface area contributed by atoms with E-state index < -0.39 is 5.54 Å². The van der Waals surface area contributed by atoms with E-state index in [2.05, 4.69) is 26.3 Å². The predicted octanol–water partition coefficient (Wildman–Crippen LogP) is 1.27. The van der Waals surface area contributed by atoms with Crippen LogP contribution in [0.15, 0.2) is 18.5 Å². The number of nitrogens with two attached hydrogens (primary N) is 1. The first-order valence-corrected chi connectivity index (χ1v) is 7.75. The van der Waals surface area contributed by atoms with E-state index in [0.29, 0.717) is 17.0 Å². The lowest BCUT2D eigenvalue weighted by molar-refractivity contribution is 0.174.